The van der Waals surface area contributed by atoms with Crippen molar-refractivity contribution in [3.63, 3.8) is 0 Å². The summed E-state index contributed by atoms with van der Waals surface area (Å²) in [6.07, 6.45) is 0.863. The van der Waals surface area contributed by atoms with Crippen LogP contribution in [0.5, 0.6) is 0 Å². The van der Waals surface area contributed by atoms with Crippen LogP contribution in [0.3, 0.4) is 0 Å². The second-order valence-corrected chi connectivity index (χ2v) is 8.48. The van der Waals surface area contributed by atoms with Crippen LogP contribution in [0.15, 0.2) is 33.6 Å². The molecule has 0 spiro atoms. The Balaban J connectivity index is 1.72. The summed E-state index contributed by atoms with van der Waals surface area (Å²) in [5.74, 6) is -0.697. The molecule has 0 aromatic heterocycles. The maximum atomic E-state index is 12.7. The van der Waals surface area contributed by atoms with E-state index in [1.54, 1.807) is 24.3 Å². The lowest BCUT2D eigenvalue weighted by Gasteiger charge is -2.38. The fourth-order valence-electron chi connectivity index (χ4n) is 3.04. The van der Waals surface area contributed by atoms with Gasteiger partial charge >= 0.3 is 0 Å². The van der Waals surface area contributed by atoms with Gasteiger partial charge in [0.1, 0.15) is 13.2 Å². The number of hydrogen-bond donors (Lipinski definition) is 0. The molecule has 2 heterocycles. The van der Waals surface area contributed by atoms with E-state index in [0.717, 1.165) is 0 Å². The number of piperidine rings is 1. The normalized spacial score (nSPS) is 21.3. The van der Waals surface area contributed by atoms with Crippen molar-refractivity contribution >= 4 is 37.8 Å². The summed E-state index contributed by atoms with van der Waals surface area (Å²) >= 11 is 3.27. The van der Waals surface area contributed by atoms with E-state index >= 15 is 0 Å². The molecule has 24 heavy (non-hydrogen) atoms. The van der Waals surface area contributed by atoms with Gasteiger partial charge in [-0.3, -0.25) is 14.5 Å². The number of morpholine rings is 1. The van der Waals surface area contributed by atoms with E-state index in [4.69, 9.17) is 4.74 Å². The van der Waals surface area contributed by atoms with E-state index in [1.165, 1.54) is 9.21 Å². The van der Waals surface area contributed by atoms with Gasteiger partial charge in [0, 0.05) is 23.6 Å². The summed E-state index contributed by atoms with van der Waals surface area (Å²) in [5.41, 5.74) is 0. The van der Waals surface area contributed by atoms with Crippen LogP contribution in [0, 0.1) is 0 Å². The summed E-state index contributed by atoms with van der Waals surface area (Å²) in [4.78, 5) is 25.2. The third-order valence-corrected chi connectivity index (χ3v) is 7.14. The molecule has 2 saturated heterocycles. The Morgan fingerprint density at radius 3 is 2.21 bits per heavy atom. The molecule has 7 nitrogen and oxygen atoms in total. The lowest BCUT2D eigenvalue weighted by atomic mass is 10.0. The second kappa shape index (κ2) is 6.91. The van der Waals surface area contributed by atoms with Gasteiger partial charge in [0.15, 0.2) is 0 Å². The zero-order valence-corrected chi connectivity index (χ0v) is 15.3. The highest BCUT2D eigenvalue weighted by Crippen LogP contribution is 2.28. The van der Waals surface area contributed by atoms with Crippen molar-refractivity contribution in [3.05, 3.63) is 28.7 Å². The summed E-state index contributed by atoms with van der Waals surface area (Å²) in [5, 5.41) is 0. The maximum Gasteiger partial charge on any atom is 0.255 e. The molecule has 0 radical (unpaired) electrons. The number of nitrogens with zero attached hydrogens (tertiary/aromatic N) is 2. The number of carbonyl (C=O) groups is 2. The van der Waals surface area contributed by atoms with Gasteiger partial charge in [-0.2, -0.15) is 4.31 Å². The number of sulfonamides is 1. The fraction of sp³-hybridized carbons (Fsp3) is 0.467. The van der Waals surface area contributed by atoms with Crippen molar-refractivity contribution in [2.45, 2.75) is 23.8 Å². The Kier molecular flexibility index (Phi) is 5.05. The highest BCUT2D eigenvalue weighted by atomic mass is 79.9. The zero-order chi connectivity index (χ0) is 17.3. The highest BCUT2D eigenvalue weighted by Gasteiger charge is 2.37. The van der Waals surface area contributed by atoms with Crippen LogP contribution in [0.2, 0.25) is 0 Å². The molecule has 0 atom stereocenters. The van der Waals surface area contributed by atoms with Gasteiger partial charge in [-0.15, -0.1) is 0 Å². The molecule has 2 aliphatic rings. The molecule has 0 bridgehead atoms. The van der Waals surface area contributed by atoms with Gasteiger partial charge in [0.2, 0.25) is 10.0 Å². The zero-order valence-electron chi connectivity index (χ0n) is 12.9. The Morgan fingerprint density at radius 1 is 1.04 bits per heavy atom. The average Bonchev–Trinajstić information content (AvgIpc) is 2.55. The number of imide groups is 1. The molecule has 0 N–H and O–H groups in total. The number of benzene rings is 1. The molecule has 0 saturated carbocycles. The molecule has 2 amide bonds. The third-order valence-electron chi connectivity index (χ3n) is 4.23. The van der Waals surface area contributed by atoms with Gasteiger partial charge in [0.05, 0.1) is 4.90 Å². The van der Waals surface area contributed by atoms with Crippen LogP contribution >= 0.6 is 15.9 Å². The largest absolute Gasteiger partial charge is 0.362 e. The summed E-state index contributed by atoms with van der Waals surface area (Å²) in [6.45, 7) is 0.348. The molecule has 1 aromatic rings. The van der Waals surface area contributed by atoms with Crippen LogP contribution in [-0.2, 0) is 24.3 Å². The van der Waals surface area contributed by atoms with Gasteiger partial charge < -0.3 is 4.74 Å². The Bertz CT molecular complexity index is 743. The molecular weight excluding hydrogens is 400 g/mol. The third kappa shape index (κ3) is 3.26. The molecule has 0 unspecified atom stereocenters. The minimum absolute atomic E-state index is 0.0960. The molecule has 9 heteroatoms. The number of halogens is 1. The number of rotatable bonds is 3. The van der Waals surface area contributed by atoms with E-state index < -0.39 is 10.0 Å². The standard InChI is InChI=1S/C15H17BrN2O5S/c16-12-3-1-2-4-13(12)24(21,22)17-7-5-11(6-8-17)18-14(19)9-23-10-15(18)20/h1-4,11H,5-10H2. The van der Waals surface area contributed by atoms with Gasteiger partial charge in [0.25, 0.3) is 11.8 Å². The first-order valence-electron chi connectivity index (χ1n) is 7.58. The number of ether oxygens (including phenoxy) is 1. The predicted octanol–water partition coefficient (Wildman–Crippen LogP) is 0.988. The van der Waals surface area contributed by atoms with Crippen molar-refractivity contribution in [2.24, 2.45) is 0 Å². The van der Waals surface area contributed by atoms with Crippen LogP contribution in [-0.4, -0.2) is 61.8 Å². The number of hydrogen-bond acceptors (Lipinski definition) is 5. The van der Waals surface area contributed by atoms with Crippen molar-refractivity contribution < 1.29 is 22.7 Å². The summed E-state index contributed by atoms with van der Waals surface area (Å²) < 4.78 is 32.3. The highest BCUT2D eigenvalue weighted by molar-refractivity contribution is 9.10. The summed E-state index contributed by atoms with van der Waals surface area (Å²) in [7, 11) is -3.60. The van der Waals surface area contributed by atoms with Crippen molar-refractivity contribution in [1.29, 1.82) is 0 Å². The Hall–Kier alpha value is -1.29. The minimum Gasteiger partial charge on any atom is -0.362 e. The predicted molar refractivity (Wildman–Crippen MR) is 88.6 cm³/mol. The first-order chi connectivity index (χ1) is 11.4. The van der Waals surface area contributed by atoms with E-state index in [-0.39, 0.29) is 49.1 Å². The smallest absolute Gasteiger partial charge is 0.255 e. The lowest BCUT2D eigenvalue weighted by Crippen LogP contribution is -2.55. The quantitative estimate of drug-likeness (QED) is 0.685. The molecular formula is C15H17BrN2O5S. The maximum absolute atomic E-state index is 12.7. The molecule has 130 valence electrons. The molecule has 1 aromatic carbocycles. The van der Waals surface area contributed by atoms with E-state index in [1.807, 2.05) is 0 Å². The summed E-state index contributed by atoms with van der Waals surface area (Å²) in [6, 6.07) is 6.41. The van der Waals surface area contributed by atoms with Gasteiger partial charge in [-0.1, -0.05) is 12.1 Å². The monoisotopic (exact) mass is 416 g/mol. The van der Waals surface area contributed by atoms with E-state index in [0.29, 0.717) is 17.3 Å². The second-order valence-electron chi connectivity index (χ2n) is 5.72. The Morgan fingerprint density at radius 2 is 1.62 bits per heavy atom. The minimum atomic E-state index is -3.60. The van der Waals surface area contributed by atoms with E-state index in [2.05, 4.69) is 15.9 Å². The number of carbonyl (C=O) groups excluding carboxylic acids is 2. The van der Waals surface area contributed by atoms with Crippen LogP contribution in [0.4, 0.5) is 0 Å². The molecule has 0 aliphatic carbocycles. The lowest BCUT2D eigenvalue weighted by molar-refractivity contribution is -0.162. The van der Waals surface area contributed by atoms with Crippen molar-refractivity contribution in [2.75, 3.05) is 26.3 Å². The Labute approximate surface area is 148 Å². The van der Waals surface area contributed by atoms with Crippen molar-refractivity contribution in [3.8, 4) is 0 Å². The number of amides is 2. The van der Waals surface area contributed by atoms with Crippen LogP contribution in [0.25, 0.3) is 0 Å². The molecule has 3 rings (SSSR count). The van der Waals surface area contributed by atoms with Gasteiger partial charge in [-0.25, -0.2) is 8.42 Å². The van der Waals surface area contributed by atoms with Crippen molar-refractivity contribution in [1.82, 2.24) is 9.21 Å². The fourth-order valence-corrected chi connectivity index (χ4v) is 5.48. The molecule has 2 fully saturated rings. The average molecular weight is 417 g/mol. The SMILES string of the molecule is O=C1COCC(=O)N1C1CCN(S(=O)(=O)c2ccccc2Br)CC1. The van der Waals surface area contributed by atoms with Crippen LogP contribution in [0.1, 0.15) is 12.8 Å². The van der Waals surface area contributed by atoms with E-state index in [9.17, 15) is 18.0 Å². The molecule has 2 aliphatic heterocycles. The van der Waals surface area contributed by atoms with Gasteiger partial charge in [-0.05, 0) is 40.9 Å². The van der Waals surface area contributed by atoms with Crippen LogP contribution < -0.4 is 0 Å². The topological polar surface area (TPSA) is 84.0 Å². The first kappa shape index (κ1) is 17.5. The first-order valence-corrected chi connectivity index (χ1v) is 9.82.